The van der Waals surface area contributed by atoms with E-state index in [0.29, 0.717) is 33.1 Å². The fourth-order valence-electron chi connectivity index (χ4n) is 4.95. The molecular weight excluding hydrogens is 418 g/mol. The SMILES string of the molecule is [2H]C([2H])([2H])c1cc(C)c(-c2cc(C([2H])([2H])C(C)(C)C)cc[n+]2C)c2oc3cc4c(cc3c12)oc1ccccc14. The van der Waals surface area contributed by atoms with E-state index in [2.05, 4.69) is 0 Å². The zero-order chi connectivity index (χ0) is 28.1. The summed E-state index contributed by atoms with van der Waals surface area (Å²) >= 11 is 0. The van der Waals surface area contributed by atoms with E-state index in [9.17, 15) is 0 Å². The Morgan fingerprint density at radius 1 is 0.882 bits per heavy atom. The van der Waals surface area contributed by atoms with E-state index < -0.39 is 18.6 Å². The zero-order valence-corrected chi connectivity index (χ0v) is 20.0. The molecule has 6 rings (SSSR count). The molecule has 3 heteroatoms. The Kier molecular flexibility index (Phi) is 3.41. The maximum Gasteiger partial charge on any atom is 0.216 e. The molecule has 170 valence electrons. The van der Waals surface area contributed by atoms with Crippen molar-refractivity contribution >= 4 is 43.9 Å². The quantitative estimate of drug-likeness (QED) is 0.247. The molecule has 3 heterocycles. The second-order valence-corrected chi connectivity index (χ2v) is 10.2. The molecule has 0 unspecified atom stereocenters. The van der Waals surface area contributed by atoms with Gasteiger partial charge < -0.3 is 8.83 Å². The lowest BCUT2D eigenvalue weighted by Crippen LogP contribution is -2.31. The molecule has 34 heavy (non-hydrogen) atoms. The van der Waals surface area contributed by atoms with Crippen molar-refractivity contribution in [1.29, 1.82) is 0 Å². The molecule has 0 aliphatic carbocycles. The third-order valence-electron chi connectivity index (χ3n) is 6.36. The van der Waals surface area contributed by atoms with E-state index in [-0.39, 0.29) is 5.56 Å². The Morgan fingerprint density at radius 2 is 1.65 bits per heavy atom. The van der Waals surface area contributed by atoms with Crippen LogP contribution in [0, 0.1) is 19.2 Å². The van der Waals surface area contributed by atoms with Crippen LogP contribution >= 0.6 is 0 Å². The summed E-state index contributed by atoms with van der Waals surface area (Å²) in [5, 5.41) is 3.06. The molecule has 3 aromatic carbocycles. The van der Waals surface area contributed by atoms with Crippen LogP contribution < -0.4 is 4.57 Å². The van der Waals surface area contributed by atoms with Crippen LogP contribution in [0.4, 0.5) is 0 Å². The third kappa shape index (κ3) is 3.22. The van der Waals surface area contributed by atoms with Gasteiger partial charge in [-0.2, -0.15) is 0 Å². The molecule has 6 aromatic rings. The first kappa shape index (κ1) is 16.1. The number of nitrogens with zero attached hydrogens (tertiary/aromatic N) is 1. The summed E-state index contributed by atoms with van der Waals surface area (Å²) in [5.74, 6) is 0. The van der Waals surface area contributed by atoms with E-state index >= 15 is 0 Å². The van der Waals surface area contributed by atoms with Gasteiger partial charge in [0.05, 0.1) is 5.56 Å². The second kappa shape index (κ2) is 7.20. The average molecular weight is 454 g/mol. The number of pyridine rings is 1. The fourth-order valence-corrected chi connectivity index (χ4v) is 4.95. The Hall–Kier alpha value is -3.59. The number of fused-ring (bicyclic) bond motifs is 6. The summed E-state index contributed by atoms with van der Waals surface area (Å²) in [6.07, 6.45) is 0.250. The third-order valence-corrected chi connectivity index (χ3v) is 6.36. The van der Waals surface area contributed by atoms with E-state index in [0.717, 1.165) is 33.2 Å². The van der Waals surface area contributed by atoms with Gasteiger partial charge in [0.2, 0.25) is 5.69 Å². The second-order valence-electron chi connectivity index (χ2n) is 10.2. The van der Waals surface area contributed by atoms with Gasteiger partial charge in [0.25, 0.3) is 0 Å². The molecule has 0 N–H and O–H groups in total. The van der Waals surface area contributed by atoms with E-state index in [1.807, 2.05) is 88.0 Å². The standard InChI is InChI=1S/C31H30NO2/c1-18-13-19(2)29(24-14-20(11-12-32(24)6)17-31(3,4)5)30-28(18)23-16-26-22(15-27(23)34-30)21-9-7-8-10-25(21)33-26/h7-16H,17H2,1-6H3/q+1/i1D3,17D2. The van der Waals surface area contributed by atoms with Gasteiger partial charge in [-0.1, -0.05) is 45.0 Å². The van der Waals surface area contributed by atoms with Crippen molar-refractivity contribution in [3.05, 3.63) is 77.5 Å². The van der Waals surface area contributed by atoms with Gasteiger partial charge in [-0.25, -0.2) is 4.57 Å². The van der Waals surface area contributed by atoms with Crippen molar-refractivity contribution in [2.75, 3.05) is 0 Å². The largest absolute Gasteiger partial charge is 0.456 e. The van der Waals surface area contributed by atoms with Crippen molar-refractivity contribution in [1.82, 2.24) is 0 Å². The van der Waals surface area contributed by atoms with Crippen LogP contribution in [0.15, 0.2) is 69.6 Å². The highest BCUT2D eigenvalue weighted by atomic mass is 16.3. The van der Waals surface area contributed by atoms with E-state index in [1.165, 1.54) is 0 Å². The van der Waals surface area contributed by atoms with Gasteiger partial charge in [-0.05, 0) is 60.5 Å². The first-order valence-corrected chi connectivity index (χ1v) is 11.5. The van der Waals surface area contributed by atoms with E-state index in [4.69, 9.17) is 15.7 Å². The van der Waals surface area contributed by atoms with Crippen LogP contribution in [-0.4, -0.2) is 0 Å². The first-order valence-electron chi connectivity index (χ1n) is 14.0. The predicted octanol–water partition coefficient (Wildman–Crippen LogP) is 8.18. The topological polar surface area (TPSA) is 30.2 Å². The van der Waals surface area contributed by atoms with Gasteiger partial charge in [-0.15, -0.1) is 0 Å². The predicted molar refractivity (Wildman–Crippen MR) is 140 cm³/mol. The van der Waals surface area contributed by atoms with Gasteiger partial charge in [0.1, 0.15) is 29.4 Å². The summed E-state index contributed by atoms with van der Waals surface area (Å²) < 4.78 is 57.3. The lowest BCUT2D eigenvalue weighted by molar-refractivity contribution is -0.660. The molecule has 0 fully saturated rings. The smallest absolute Gasteiger partial charge is 0.216 e. The average Bonchev–Trinajstić information content (AvgIpc) is 3.39. The molecule has 0 saturated carbocycles. The van der Waals surface area contributed by atoms with Gasteiger partial charge in [-0.3, -0.25) is 0 Å². The van der Waals surface area contributed by atoms with Crippen LogP contribution in [0.3, 0.4) is 0 Å². The molecule has 0 radical (unpaired) electrons. The number of aryl methyl sites for hydroxylation is 3. The lowest BCUT2D eigenvalue weighted by Gasteiger charge is -2.18. The molecule has 0 bridgehead atoms. The first-order chi connectivity index (χ1) is 18.2. The Balaban J connectivity index is 1.73. The minimum atomic E-state index is -2.37. The number of furan rings is 2. The van der Waals surface area contributed by atoms with Crippen molar-refractivity contribution < 1.29 is 20.3 Å². The molecule has 0 spiro atoms. The highest BCUT2D eigenvalue weighted by molar-refractivity contribution is 6.17. The molecule has 0 amide bonds. The fraction of sp³-hybridized carbons (Fsp3) is 0.258. The Labute approximate surface area is 206 Å². The Morgan fingerprint density at radius 3 is 2.44 bits per heavy atom. The monoisotopic (exact) mass is 453 g/mol. The number of aromatic nitrogens is 1. The van der Waals surface area contributed by atoms with Crippen molar-refractivity contribution in [2.45, 2.75) is 40.9 Å². The van der Waals surface area contributed by atoms with Gasteiger partial charge in [0, 0.05) is 40.5 Å². The van der Waals surface area contributed by atoms with Crippen LogP contribution in [0.5, 0.6) is 0 Å². The van der Waals surface area contributed by atoms with Crippen LogP contribution in [-0.2, 0) is 13.4 Å². The minimum Gasteiger partial charge on any atom is -0.456 e. The number of para-hydroxylation sites is 1. The highest BCUT2D eigenvalue weighted by Crippen LogP contribution is 2.42. The summed E-state index contributed by atoms with van der Waals surface area (Å²) in [7, 11) is 1.90. The summed E-state index contributed by atoms with van der Waals surface area (Å²) in [5.41, 5.74) is 4.83. The summed E-state index contributed by atoms with van der Waals surface area (Å²) in [6, 6.07) is 17.0. The van der Waals surface area contributed by atoms with Gasteiger partial charge in [0.15, 0.2) is 6.20 Å². The van der Waals surface area contributed by atoms with Crippen molar-refractivity contribution in [3.63, 3.8) is 0 Å². The molecule has 0 aliphatic heterocycles. The maximum atomic E-state index is 8.85. The van der Waals surface area contributed by atoms with Crippen molar-refractivity contribution in [3.8, 4) is 11.3 Å². The van der Waals surface area contributed by atoms with Crippen LogP contribution in [0.1, 0.15) is 44.3 Å². The molecule has 0 aliphatic rings. The Bertz CT molecular complexity index is 1940. The highest BCUT2D eigenvalue weighted by Gasteiger charge is 2.24. The molecule has 3 nitrogen and oxygen atoms in total. The molecule has 0 atom stereocenters. The summed E-state index contributed by atoms with van der Waals surface area (Å²) in [6.45, 7) is 5.16. The lowest BCUT2D eigenvalue weighted by atomic mass is 9.87. The number of hydrogen-bond acceptors (Lipinski definition) is 2. The number of benzene rings is 3. The molecular formula is C31H30NO2+. The number of rotatable bonds is 2. The van der Waals surface area contributed by atoms with Crippen LogP contribution in [0.2, 0.25) is 0 Å². The van der Waals surface area contributed by atoms with Crippen molar-refractivity contribution in [2.24, 2.45) is 12.5 Å². The summed E-state index contributed by atoms with van der Waals surface area (Å²) in [4.78, 5) is 0. The van der Waals surface area contributed by atoms with Crippen LogP contribution in [0.25, 0.3) is 55.1 Å². The number of hydrogen-bond donors (Lipinski definition) is 0. The zero-order valence-electron chi connectivity index (χ0n) is 25.0. The molecule has 3 aromatic heterocycles. The van der Waals surface area contributed by atoms with Gasteiger partial charge >= 0.3 is 0 Å². The maximum absolute atomic E-state index is 8.85. The minimum absolute atomic E-state index is 0.219. The normalized spacial score (nSPS) is 15.5. The molecule has 0 saturated heterocycles. The van der Waals surface area contributed by atoms with E-state index in [1.54, 1.807) is 12.1 Å².